The molecule has 44 valence electrons. The summed E-state index contributed by atoms with van der Waals surface area (Å²) < 4.78 is 6.78. The third-order valence-corrected chi connectivity index (χ3v) is 0.757. The van der Waals surface area contributed by atoms with Gasteiger partial charge in [0, 0.05) is 5.41 Å². The summed E-state index contributed by atoms with van der Waals surface area (Å²) >= 11 is 0. The fourth-order valence-electron chi connectivity index (χ4n) is 0.0408. The quantitative estimate of drug-likeness (QED) is 0.519. The van der Waals surface area contributed by atoms with Crippen molar-refractivity contribution in [2.75, 3.05) is 13.2 Å². The van der Waals surface area contributed by atoms with Crippen LogP contribution in [0.4, 0.5) is 0 Å². The van der Waals surface area contributed by atoms with Crippen molar-refractivity contribution in [1.29, 1.82) is 0 Å². The van der Waals surface area contributed by atoms with Gasteiger partial charge in [-0.15, -0.1) is 0 Å². The summed E-state index contributed by atoms with van der Waals surface area (Å²) in [4.78, 5) is 0. The lowest BCUT2D eigenvalue weighted by atomic mass is 9.97. The smallest absolute Gasteiger partial charge is 0.0570 e. The average Bonchev–Trinajstić information content (AvgIpc) is 1.67. The highest BCUT2D eigenvalue weighted by Gasteiger charge is 2.13. The van der Waals surface area contributed by atoms with Crippen molar-refractivity contribution in [2.24, 2.45) is 5.41 Å². The van der Waals surface area contributed by atoms with Crippen LogP contribution in [0.3, 0.4) is 0 Å². The Hall–Kier alpha value is -0.0800. The summed E-state index contributed by atoms with van der Waals surface area (Å²) in [5.74, 6) is 0. The van der Waals surface area contributed by atoms with Gasteiger partial charge in [-0.2, -0.15) is 0 Å². The van der Waals surface area contributed by atoms with Gasteiger partial charge < -0.3 is 10.2 Å². The Morgan fingerprint density at radius 3 is 2.00 bits per heavy atom. The molecule has 0 aliphatic rings. The van der Waals surface area contributed by atoms with Gasteiger partial charge in [0.1, 0.15) is 0 Å². The van der Waals surface area contributed by atoms with Crippen LogP contribution in [0.25, 0.3) is 0 Å². The molecule has 0 heterocycles. The molecule has 0 aromatic heterocycles. The first-order valence-electron chi connectivity index (χ1n) is 2.79. The molecule has 2 heteroatoms. The van der Waals surface area contributed by atoms with Crippen LogP contribution in [-0.2, 0) is 0 Å². The van der Waals surface area contributed by atoms with E-state index in [0.29, 0.717) is 0 Å². The van der Waals surface area contributed by atoms with E-state index in [1.54, 1.807) is 13.8 Å². The molecular formula is C5H12O2. The molecule has 0 saturated carbocycles. The Morgan fingerprint density at radius 1 is 1.57 bits per heavy atom. The van der Waals surface area contributed by atoms with Crippen molar-refractivity contribution in [3.8, 4) is 0 Å². The zero-order valence-electron chi connectivity index (χ0n) is 5.68. The lowest BCUT2D eigenvalue weighted by Gasteiger charge is -2.16. The summed E-state index contributed by atoms with van der Waals surface area (Å²) in [5.41, 5.74) is -0.681. The molecule has 0 saturated heterocycles. The number of aliphatic hydroxyl groups excluding tert-OH is 2. The van der Waals surface area contributed by atoms with Crippen molar-refractivity contribution >= 4 is 0 Å². The predicted octanol–water partition coefficient (Wildman–Crippen LogP) is -0.00280. The summed E-state index contributed by atoms with van der Waals surface area (Å²) in [7, 11) is 0. The molecular weight excluding hydrogens is 92.1 g/mol. The lowest BCUT2D eigenvalue weighted by Crippen LogP contribution is -2.20. The van der Waals surface area contributed by atoms with Gasteiger partial charge in [0.25, 0.3) is 0 Å². The van der Waals surface area contributed by atoms with E-state index < -0.39 is 12.0 Å². The van der Waals surface area contributed by atoms with Crippen LogP contribution in [0.15, 0.2) is 0 Å². The van der Waals surface area contributed by atoms with Gasteiger partial charge in [-0.25, -0.2) is 0 Å². The fraction of sp³-hybridized carbons (Fsp3) is 1.00. The van der Waals surface area contributed by atoms with Gasteiger partial charge in [-0.1, -0.05) is 13.8 Å². The highest BCUT2D eigenvalue weighted by molar-refractivity contribution is 4.62. The standard InChI is InChI=1S/C5H12O2/c1-5(2,3-6)4-7/h6-7H,3-4H2,1-2H3/i3D. The molecule has 0 rings (SSSR count). The third kappa shape index (κ3) is 2.60. The number of aliphatic hydroxyl groups is 2. The lowest BCUT2D eigenvalue weighted by molar-refractivity contribution is 0.0857. The van der Waals surface area contributed by atoms with Crippen LogP contribution >= 0.6 is 0 Å². The Balaban J connectivity index is 3.71. The van der Waals surface area contributed by atoms with Crippen molar-refractivity contribution in [3.63, 3.8) is 0 Å². The van der Waals surface area contributed by atoms with E-state index in [9.17, 15) is 0 Å². The first-order valence-corrected chi connectivity index (χ1v) is 2.22. The predicted molar refractivity (Wildman–Crippen MR) is 28.0 cm³/mol. The summed E-state index contributed by atoms with van der Waals surface area (Å²) in [6, 6.07) is 0. The van der Waals surface area contributed by atoms with Crippen LogP contribution in [-0.4, -0.2) is 23.4 Å². The van der Waals surface area contributed by atoms with Crippen molar-refractivity contribution in [2.45, 2.75) is 13.8 Å². The van der Waals surface area contributed by atoms with E-state index in [0.717, 1.165) is 0 Å². The Labute approximate surface area is 45.2 Å². The molecule has 0 bridgehead atoms. The van der Waals surface area contributed by atoms with E-state index in [1.165, 1.54) is 0 Å². The highest BCUT2D eigenvalue weighted by Crippen LogP contribution is 2.10. The minimum Gasteiger partial charge on any atom is -0.396 e. The second-order valence-corrected chi connectivity index (χ2v) is 2.28. The van der Waals surface area contributed by atoms with Crippen LogP contribution in [0, 0.1) is 5.41 Å². The first-order chi connectivity index (χ1) is 3.50. The van der Waals surface area contributed by atoms with E-state index in [-0.39, 0.29) is 6.61 Å². The van der Waals surface area contributed by atoms with E-state index in [1.807, 2.05) is 0 Å². The molecule has 1 unspecified atom stereocenters. The number of rotatable bonds is 2. The molecule has 0 radical (unpaired) electrons. The maximum Gasteiger partial charge on any atom is 0.0570 e. The third-order valence-electron chi connectivity index (χ3n) is 0.757. The monoisotopic (exact) mass is 105 g/mol. The van der Waals surface area contributed by atoms with Crippen molar-refractivity contribution in [1.82, 2.24) is 0 Å². The molecule has 2 nitrogen and oxygen atoms in total. The molecule has 2 N–H and O–H groups in total. The Kier molecular flexibility index (Phi) is 1.65. The highest BCUT2D eigenvalue weighted by atomic mass is 16.3. The van der Waals surface area contributed by atoms with E-state index in [2.05, 4.69) is 0 Å². The molecule has 0 aliphatic carbocycles. The second-order valence-electron chi connectivity index (χ2n) is 2.28. The van der Waals surface area contributed by atoms with Crippen molar-refractivity contribution < 1.29 is 11.6 Å². The van der Waals surface area contributed by atoms with Gasteiger partial charge in [0.2, 0.25) is 0 Å². The zero-order chi connectivity index (χ0) is 6.78. The average molecular weight is 105 g/mol. The number of hydrogen-bond acceptors (Lipinski definition) is 2. The molecule has 7 heavy (non-hydrogen) atoms. The molecule has 1 atom stereocenters. The molecule has 0 aromatic rings. The van der Waals surface area contributed by atoms with Crippen LogP contribution in [0.2, 0.25) is 0 Å². The van der Waals surface area contributed by atoms with Crippen molar-refractivity contribution in [3.05, 3.63) is 0 Å². The molecule has 0 aromatic carbocycles. The van der Waals surface area contributed by atoms with Gasteiger partial charge in [0.15, 0.2) is 0 Å². The van der Waals surface area contributed by atoms with E-state index in [4.69, 9.17) is 11.6 Å². The minimum atomic E-state index is -1.19. The normalized spacial score (nSPS) is 18.6. The maximum absolute atomic E-state index is 8.59. The fourth-order valence-corrected chi connectivity index (χ4v) is 0.0408. The minimum absolute atomic E-state index is 0.155. The summed E-state index contributed by atoms with van der Waals surface area (Å²) in [5, 5.41) is 17.1. The molecule has 0 aliphatic heterocycles. The van der Waals surface area contributed by atoms with Gasteiger partial charge in [-0.3, -0.25) is 0 Å². The summed E-state index contributed by atoms with van der Waals surface area (Å²) in [6.45, 7) is 1.92. The number of hydrogen-bond donors (Lipinski definition) is 2. The Bertz CT molecular complexity index is 70.8. The van der Waals surface area contributed by atoms with Gasteiger partial charge >= 0.3 is 0 Å². The van der Waals surface area contributed by atoms with Crippen LogP contribution in [0.1, 0.15) is 15.2 Å². The van der Waals surface area contributed by atoms with Crippen LogP contribution < -0.4 is 0 Å². The molecule has 0 fully saturated rings. The maximum atomic E-state index is 8.59. The summed E-state index contributed by atoms with van der Waals surface area (Å²) in [6.07, 6.45) is 0. The molecule has 0 spiro atoms. The van der Waals surface area contributed by atoms with Gasteiger partial charge in [0.05, 0.1) is 14.6 Å². The first kappa shape index (κ1) is 5.06. The SMILES string of the molecule is [2H]C(O)C(C)(C)CO. The van der Waals surface area contributed by atoms with Crippen LogP contribution in [0.5, 0.6) is 0 Å². The van der Waals surface area contributed by atoms with E-state index >= 15 is 0 Å². The van der Waals surface area contributed by atoms with Gasteiger partial charge in [-0.05, 0) is 0 Å². The Morgan fingerprint density at radius 2 is 2.00 bits per heavy atom. The topological polar surface area (TPSA) is 40.5 Å². The molecule has 0 amide bonds. The second kappa shape index (κ2) is 2.28. The largest absolute Gasteiger partial charge is 0.396 e. The zero-order valence-corrected chi connectivity index (χ0v) is 4.68.